The standard InChI is InChI=1S/C76H133NO18/c1-3-5-7-9-11-13-15-16-17-18-19-20-21-22-23-24-25-26-27-28-29-30-31-32-33-34-35-36-37-38-39-40-41-42-44-46-48-50-52-54-64(82)77-59(60(81)53-51-49-47-45-43-14-12-10-8-6-4-2)58-90-74-70(88)67(85)72(62(56-79)92-74)95-76-71(89)68(86)73(63(57-80)93-76)94-75-69(87)66(84)65(83)61(55-78)91-75/h5,7-8,10-11,13,16-17,19-20,43,45,51,53,59-63,65-76,78-81,83-89H,3-4,6,9,12,14-15,18,21-42,44,46-50,52,54-58H2,1-2H3,(H,77,82)/b7-5-,10-8+,13-11-,17-16-,20-19-,45-43+,53-51+. The highest BCUT2D eigenvalue weighted by molar-refractivity contribution is 5.76. The van der Waals surface area contributed by atoms with Gasteiger partial charge >= 0.3 is 0 Å². The third kappa shape index (κ3) is 37.8. The molecule has 0 spiro atoms. The average Bonchev–Trinajstić information content (AvgIpc) is 0.787. The molecule has 0 aliphatic carbocycles. The predicted octanol–water partition coefficient (Wildman–Crippen LogP) is 11.1. The van der Waals surface area contributed by atoms with Crippen molar-refractivity contribution in [2.75, 3.05) is 26.4 Å². The zero-order valence-electron chi connectivity index (χ0n) is 58.4. The minimum absolute atomic E-state index is 0.232. The van der Waals surface area contributed by atoms with E-state index < -0.39 is 124 Å². The van der Waals surface area contributed by atoms with Gasteiger partial charge in [0.05, 0.1) is 38.6 Å². The summed E-state index contributed by atoms with van der Waals surface area (Å²) in [7, 11) is 0. The molecular formula is C76H133NO18. The molecule has 3 saturated heterocycles. The minimum Gasteiger partial charge on any atom is -0.394 e. The number of unbranched alkanes of at least 4 members (excludes halogenated alkanes) is 29. The Hall–Kier alpha value is -3.03. The largest absolute Gasteiger partial charge is 0.394 e. The zero-order chi connectivity index (χ0) is 68.9. The summed E-state index contributed by atoms with van der Waals surface area (Å²) in [5.74, 6) is -0.290. The lowest BCUT2D eigenvalue weighted by Gasteiger charge is -2.48. The third-order valence-corrected chi connectivity index (χ3v) is 18.1. The van der Waals surface area contributed by atoms with Gasteiger partial charge in [-0.1, -0.05) is 259 Å². The monoisotopic (exact) mass is 1350 g/mol. The van der Waals surface area contributed by atoms with Crippen LogP contribution in [0.25, 0.3) is 0 Å². The van der Waals surface area contributed by atoms with Crippen LogP contribution in [0, 0.1) is 0 Å². The number of amides is 1. The van der Waals surface area contributed by atoms with Crippen molar-refractivity contribution < 1.29 is 89.4 Å². The molecule has 95 heavy (non-hydrogen) atoms. The van der Waals surface area contributed by atoms with E-state index in [-0.39, 0.29) is 18.9 Å². The molecule has 3 rings (SSSR count). The molecule has 19 nitrogen and oxygen atoms in total. The summed E-state index contributed by atoms with van der Waals surface area (Å²) in [6.45, 7) is 1.51. The maximum Gasteiger partial charge on any atom is 0.220 e. The van der Waals surface area contributed by atoms with Crippen LogP contribution in [-0.2, 0) is 33.2 Å². The Balaban J connectivity index is 1.28. The maximum atomic E-state index is 13.4. The smallest absolute Gasteiger partial charge is 0.220 e. The number of hydrogen-bond acceptors (Lipinski definition) is 18. The van der Waals surface area contributed by atoms with Crippen molar-refractivity contribution in [1.82, 2.24) is 5.32 Å². The topological polar surface area (TPSA) is 307 Å². The van der Waals surface area contributed by atoms with Gasteiger partial charge in [0.2, 0.25) is 5.91 Å². The molecule has 17 atom stereocenters. The maximum absolute atomic E-state index is 13.4. The van der Waals surface area contributed by atoms with Crippen molar-refractivity contribution in [2.24, 2.45) is 0 Å². The predicted molar refractivity (Wildman–Crippen MR) is 374 cm³/mol. The fourth-order valence-electron chi connectivity index (χ4n) is 12.2. The molecule has 19 heteroatoms. The second kappa shape index (κ2) is 56.7. The van der Waals surface area contributed by atoms with Crippen LogP contribution in [0.3, 0.4) is 0 Å². The van der Waals surface area contributed by atoms with Gasteiger partial charge in [0.25, 0.3) is 0 Å². The molecule has 3 fully saturated rings. The lowest BCUT2D eigenvalue weighted by molar-refractivity contribution is -0.379. The summed E-state index contributed by atoms with van der Waals surface area (Å²) in [6, 6.07) is -0.996. The molecular weight excluding hydrogens is 1210 g/mol. The zero-order valence-corrected chi connectivity index (χ0v) is 58.4. The molecule has 17 unspecified atom stereocenters. The molecule has 3 heterocycles. The summed E-state index contributed by atoms with van der Waals surface area (Å²) in [6.07, 6.45) is 47.7. The summed E-state index contributed by atoms with van der Waals surface area (Å²) >= 11 is 0. The van der Waals surface area contributed by atoms with Gasteiger partial charge in [-0.25, -0.2) is 0 Å². The van der Waals surface area contributed by atoms with Crippen LogP contribution < -0.4 is 5.32 Å². The van der Waals surface area contributed by atoms with E-state index >= 15 is 0 Å². The Morgan fingerprint density at radius 2 is 0.737 bits per heavy atom. The van der Waals surface area contributed by atoms with Crippen LogP contribution in [0.15, 0.2) is 85.1 Å². The van der Waals surface area contributed by atoms with E-state index in [0.717, 1.165) is 77.0 Å². The Morgan fingerprint density at radius 3 is 1.17 bits per heavy atom. The molecule has 3 aliphatic rings. The van der Waals surface area contributed by atoms with E-state index in [0.29, 0.717) is 12.8 Å². The minimum atomic E-state index is -1.98. The number of carbonyl (C=O) groups is 1. The molecule has 0 saturated carbocycles. The van der Waals surface area contributed by atoms with Gasteiger partial charge in [0.15, 0.2) is 18.9 Å². The molecule has 1 amide bonds. The molecule has 0 aromatic carbocycles. The Kier molecular flexibility index (Phi) is 51.4. The van der Waals surface area contributed by atoms with Crippen molar-refractivity contribution in [2.45, 2.75) is 362 Å². The van der Waals surface area contributed by atoms with Gasteiger partial charge in [-0.3, -0.25) is 4.79 Å². The van der Waals surface area contributed by atoms with Gasteiger partial charge in [-0.15, -0.1) is 0 Å². The van der Waals surface area contributed by atoms with E-state index in [9.17, 15) is 61.0 Å². The van der Waals surface area contributed by atoms with Crippen LogP contribution in [0.2, 0.25) is 0 Å². The number of aliphatic hydroxyl groups is 11. The quantitative estimate of drug-likeness (QED) is 0.0199. The molecule has 550 valence electrons. The van der Waals surface area contributed by atoms with Crippen molar-refractivity contribution in [3.8, 4) is 0 Å². The lowest BCUT2D eigenvalue weighted by Crippen LogP contribution is -2.66. The molecule has 0 bridgehead atoms. The first-order valence-corrected chi connectivity index (χ1v) is 37.3. The Morgan fingerprint density at radius 1 is 0.389 bits per heavy atom. The van der Waals surface area contributed by atoms with Crippen LogP contribution in [-0.4, -0.2) is 193 Å². The fraction of sp³-hybridized carbons (Fsp3) is 0.803. The number of nitrogens with one attached hydrogen (secondary N) is 1. The van der Waals surface area contributed by atoms with Gasteiger partial charge < -0.3 is 89.9 Å². The molecule has 0 aromatic heterocycles. The summed E-state index contributed by atoms with van der Waals surface area (Å²) in [5, 5.41) is 120. The highest BCUT2D eigenvalue weighted by atomic mass is 16.8. The second-order valence-corrected chi connectivity index (χ2v) is 26.4. The van der Waals surface area contributed by atoms with E-state index in [2.05, 4.69) is 92.1 Å². The first kappa shape index (κ1) is 86.2. The van der Waals surface area contributed by atoms with Crippen molar-refractivity contribution in [3.05, 3.63) is 85.1 Å². The average molecular weight is 1350 g/mol. The van der Waals surface area contributed by atoms with Crippen LogP contribution in [0.4, 0.5) is 0 Å². The highest BCUT2D eigenvalue weighted by Gasteiger charge is 2.53. The van der Waals surface area contributed by atoms with Crippen molar-refractivity contribution >= 4 is 5.91 Å². The van der Waals surface area contributed by atoms with Crippen molar-refractivity contribution in [1.29, 1.82) is 0 Å². The van der Waals surface area contributed by atoms with Gasteiger partial charge in [-0.05, 0) is 77.0 Å². The number of ether oxygens (including phenoxy) is 6. The van der Waals surface area contributed by atoms with Crippen LogP contribution in [0.5, 0.6) is 0 Å². The van der Waals surface area contributed by atoms with Gasteiger partial charge in [0.1, 0.15) is 73.2 Å². The highest BCUT2D eigenvalue weighted by Crippen LogP contribution is 2.33. The number of rotatable bonds is 57. The molecule has 0 aromatic rings. The van der Waals surface area contributed by atoms with E-state index in [1.807, 2.05) is 6.08 Å². The van der Waals surface area contributed by atoms with E-state index in [1.54, 1.807) is 6.08 Å². The number of hydrogen-bond donors (Lipinski definition) is 12. The van der Waals surface area contributed by atoms with Crippen molar-refractivity contribution in [3.63, 3.8) is 0 Å². The van der Waals surface area contributed by atoms with E-state index in [4.69, 9.17) is 28.4 Å². The van der Waals surface area contributed by atoms with Gasteiger partial charge in [0, 0.05) is 6.42 Å². The fourth-order valence-corrected chi connectivity index (χ4v) is 12.2. The number of aliphatic hydroxyl groups excluding tert-OH is 11. The third-order valence-electron chi connectivity index (χ3n) is 18.1. The summed E-state index contributed by atoms with van der Waals surface area (Å²) < 4.78 is 34.3. The number of carbonyl (C=O) groups excluding carboxylic acids is 1. The lowest BCUT2D eigenvalue weighted by atomic mass is 9.96. The van der Waals surface area contributed by atoms with E-state index in [1.165, 1.54) is 148 Å². The van der Waals surface area contributed by atoms with Crippen LogP contribution >= 0.6 is 0 Å². The first-order chi connectivity index (χ1) is 46.3. The number of allylic oxidation sites excluding steroid dienone is 13. The van der Waals surface area contributed by atoms with Crippen LogP contribution in [0.1, 0.15) is 258 Å². The molecule has 3 aliphatic heterocycles. The normalized spacial score (nSPS) is 27.7. The molecule has 0 radical (unpaired) electrons. The second-order valence-electron chi connectivity index (χ2n) is 26.4. The Labute approximate surface area is 571 Å². The SMILES string of the molecule is CC/C=C\C/C=C\C/C=C\C/C=C\CCCCCCCCCCCCCCCCCCCCCCCCCCCCC(=O)NC(COC1OC(CO)C(OC2OC(CO)C(OC3OC(CO)C(O)C(O)C3O)C(O)C2O)C(O)C1O)C(O)/C=C/CC/C=C/CC/C=C/CCC. The Bertz CT molecular complexity index is 2050. The summed E-state index contributed by atoms with van der Waals surface area (Å²) in [5.41, 5.74) is 0. The molecule has 12 N–H and O–H groups in total. The van der Waals surface area contributed by atoms with Gasteiger partial charge in [-0.2, -0.15) is 0 Å². The summed E-state index contributed by atoms with van der Waals surface area (Å²) in [4.78, 5) is 13.4. The first-order valence-electron chi connectivity index (χ1n) is 37.3.